The van der Waals surface area contributed by atoms with Crippen LogP contribution in [0.3, 0.4) is 0 Å². The second-order valence-corrected chi connectivity index (χ2v) is 5.58. The van der Waals surface area contributed by atoms with E-state index in [4.69, 9.17) is 4.74 Å². The van der Waals surface area contributed by atoms with E-state index in [0.29, 0.717) is 17.7 Å². The Morgan fingerprint density at radius 1 is 0.870 bits per heavy atom. The third kappa shape index (κ3) is 2.97. The minimum Gasteiger partial charge on any atom is -0.496 e. The lowest BCUT2D eigenvalue weighted by molar-refractivity contribution is 0.0652. The Labute approximate surface area is 135 Å². The van der Waals surface area contributed by atoms with Crippen molar-refractivity contribution in [1.29, 1.82) is 0 Å². The van der Waals surface area contributed by atoms with Crippen LogP contribution in [0.5, 0.6) is 5.75 Å². The fourth-order valence-corrected chi connectivity index (χ4v) is 2.94. The zero-order chi connectivity index (χ0) is 16.2. The lowest BCUT2D eigenvalue weighted by Crippen LogP contribution is -2.30. The van der Waals surface area contributed by atoms with E-state index in [1.807, 2.05) is 24.3 Å². The molecule has 0 saturated heterocycles. The molecular formula is C19H19NO3. The summed E-state index contributed by atoms with van der Waals surface area (Å²) < 4.78 is 5.33. The molecule has 0 spiro atoms. The number of hydrogen-bond donors (Lipinski definition) is 0. The summed E-state index contributed by atoms with van der Waals surface area (Å²) in [5, 5.41) is 0. The molecule has 1 heterocycles. The van der Waals surface area contributed by atoms with Gasteiger partial charge < -0.3 is 4.74 Å². The van der Waals surface area contributed by atoms with Crippen LogP contribution in [0.2, 0.25) is 0 Å². The van der Waals surface area contributed by atoms with Crippen molar-refractivity contribution in [1.82, 2.24) is 4.90 Å². The number of hydrogen-bond acceptors (Lipinski definition) is 3. The maximum atomic E-state index is 12.3. The molecule has 0 fully saturated rings. The fraction of sp³-hybridized carbons (Fsp3) is 0.263. The summed E-state index contributed by atoms with van der Waals surface area (Å²) in [5.74, 6) is 0.527. The van der Waals surface area contributed by atoms with Gasteiger partial charge in [0.1, 0.15) is 5.75 Å². The van der Waals surface area contributed by atoms with Crippen molar-refractivity contribution in [3.05, 3.63) is 65.2 Å². The van der Waals surface area contributed by atoms with Crippen LogP contribution in [0.15, 0.2) is 48.5 Å². The Morgan fingerprint density at radius 2 is 1.48 bits per heavy atom. The first-order chi connectivity index (χ1) is 11.2. The molecule has 23 heavy (non-hydrogen) atoms. The van der Waals surface area contributed by atoms with Gasteiger partial charge in [-0.05, 0) is 43.0 Å². The van der Waals surface area contributed by atoms with Crippen LogP contribution in [0, 0.1) is 0 Å². The van der Waals surface area contributed by atoms with Gasteiger partial charge in [0.05, 0.1) is 18.2 Å². The standard InChI is InChI=1S/C19H19NO3/c1-23-17-12-5-2-8-14(17)9-6-7-13-20-18(21)15-10-3-4-11-16(15)19(20)22/h2-5,8,10-12H,6-7,9,13H2,1H3. The van der Waals surface area contributed by atoms with Gasteiger partial charge in [-0.15, -0.1) is 0 Å². The lowest BCUT2D eigenvalue weighted by atomic mass is 10.1. The van der Waals surface area contributed by atoms with Crippen LogP contribution in [-0.2, 0) is 6.42 Å². The van der Waals surface area contributed by atoms with Gasteiger partial charge in [0.25, 0.3) is 11.8 Å². The third-order valence-electron chi connectivity index (χ3n) is 4.15. The highest BCUT2D eigenvalue weighted by molar-refractivity contribution is 6.21. The summed E-state index contributed by atoms with van der Waals surface area (Å²) >= 11 is 0. The molecule has 0 bridgehead atoms. The topological polar surface area (TPSA) is 46.6 Å². The van der Waals surface area contributed by atoms with Crippen molar-refractivity contribution in [2.45, 2.75) is 19.3 Å². The third-order valence-corrected chi connectivity index (χ3v) is 4.15. The number of imide groups is 1. The number of carbonyl (C=O) groups excluding carboxylic acids is 2. The molecule has 2 aromatic rings. The lowest BCUT2D eigenvalue weighted by Gasteiger charge is -2.14. The number of amides is 2. The van der Waals surface area contributed by atoms with Gasteiger partial charge in [-0.25, -0.2) is 0 Å². The Kier molecular flexibility index (Phi) is 4.42. The van der Waals surface area contributed by atoms with E-state index in [9.17, 15) is 9.59 Å². The predicted molar refractivity (Wildman–Crippen MR) is 87.7 cm³/mol. The molecule has 1 aliphatic rings. The van der Waals surface area contributed by atoms with E-state index in [1.54, 1.807) is 31.4 Å². The number of aryl methyl sites for hydroxylation is 1. The van der Waals surface area contributed by atoms with E-state index in [-0.39, 0.29) is 11.8 Å². The molecule has 4 heteroatoms. The Bertz CT molecular complexity index is 704. The highest BCUT2D eigenvalue weighted by atomic mass is 16.5. The molecule has 0 radical (unpaired) electrons. The van der Waals surface area contributed by atoms with Crippen LogP contribution in [0.4, 0.5) is 0 Å². The second kappa shape index (κ2) is 6.65. The number of para-hydroxylation sites is 1. The summed E-state index contributed by atoms with van der Waals surface area (Å²) in [4.78, 5) is 25.9. The van der Waals surface area contributed by atoms with Crippen molar-refractivity contribution in [3.8, 4) is 5.75 Å². The van der Waals surface area contributed by atoms with E-state index in [2.05, 4.69) is 0 Å². The molecule has 3 rings (SSSR count). The van der Waals surface area contributed by atoms with Crippen molar-refractivity contribution in [2.24, 2.45) is 0 Å². The monoisotopic (exact) mass is 309 g/mol. The van der Waals surface area contributed by atoms with Crippen molar-refractivity contribution in [2.75, 3.05) is 13.7 Å². The number of methoxy groups -OCH3 is 1. The minimum atomic E-state index is -0.178. The molecule has 2 amide bonds. The molecule has 2 aromatic carbocycles. The SMILES string of the molecule is COc1ccccc1CCCCN1C(=O)c2ccccc2C1=O. The number of benzene rings is 2. The summed E-state index contributed by atoms with van der Waals surface area (Å²) in [5.41, 5.74) is 2.18. The van der Waals surface area contributed by atoms with Gasteiger partial charge in [-0.2, -0.15) is 0 Å². The van der Waals surface area contributed by atoms with E-state index in [1.165, 1.54) is 4.90 Å². The smallest absolute Gasteiger partial charge is 0.261 e. The number of nitrogens with zero attached hydrogens (tertiary/aromatic N) is 1. The Hall–Kier alpha value is -2.62. The number of rotatable bonds is 6. The maximum absolute atomic E-state index is 12.3. The van der Waals surface area contributed by atoms with Gasteiger partial charge in [0, 0.05) is 6.54 Å². The van der Waals surface area contributed by atoms with Crippen molar-refractivity contribution in [3.63, 3.8) is 0 Å². The van der Waals surface area contributed by atoms with Crippen LogP contribution in [-0.4, -0.2) is 30.4 Å². The summed E-state index contributed by atoms with van der Waals surface area (Å²) in [6.45, 7) is 0.460. The number of ether oxygens (including phenoxy) is 1. The zero-order valence-corrected chi connectivity index (χ0v) is 13.1. The van der Waals surface area contributed by atoms with E-state index < -0.39 is 0 Å². The minimum absolute atomic E-state index is 0.178. The molecular weight excluding hydrogens is 290 g/mol. The first-order valence-corrected chi connectivity index (χ1v) is 7.79. The first kappa shape index (κ1) is 15.3. The summed E-state index contributed by atoms with van der Waals surface area (Å²) in [6, 6.07) is 14.9. The number of carbonyl (C=O) groups is 2. The van der Waals surface area contributed by atoms with Gasteiger partial charge in [0.15, 0.2) is 0 Å². The molecule has 0 atom stereocenters. The van der Waals surface area contributed by atoms with Crippen LogP contribution in [0.25, 0.3) is 0 Å². The normalized spacial score (nSPS) is 13.3. The summed E-state index contributed by atoms with van der Waals surface area (Å²) in [6.07, 6.45) is 2.55. The average molecular weight is 309 g/mol. The molecule has 118 valence electrons. The van der Waals surface area contributed by atoms with Gasteiger partial charge in [-0.3, -0.25) is 14.5 Å². The molecule has 0 N–H and O–H groups in total. The second-order valence-electron chi connectivity index (χ2n) is 5.58. The van der Waals surface area contributed by atoms with Crippen molar-refractivity contribution >= 4 is 11.8 Å². The molecule has 0 unspecified atom stereocenters. The molecule has 0 aromatic heterocycles. The Balaban J connectivity index is 1.56. The predicted octanol–water partition coefficient (Wildman–Crippen LogP) is 3.31. The molecule has 1 aliphatic heterocycles. The number of fused-ring (bicyclic) bond motifs is 1. The highest BCUT2D eigenvalue weighted by Crippen LogP contribution is 2.23. The van der Waals surface area contributed by atoms with Gasteiger partial charge >= 0.3 is 0 Å². The maximum Gasteiger partial charge on any atom is 0.261 e. The van der Waals surface area contributed by atoms with Gasteiger partial charge in [-0.1, -0.05) is 30.3 Å². The van der Waals surface area contributed by atoms with E-state index in [0.717, 1.165) is 30.6 Å². The quantitative estimate of drug-likeness (QED) is 0.607. The highest BCUT2D eigenvalue weighted by Gasteiger charge is 2.34. The summed E-state index contributed by atoms with van der Waals surface area (Å²) in [7, 11) is 1.66. The van der Waals surface area contributed by atoms with E-state index >= 15 is 0 Å². The molecule has 0 aliphatic carbocycles. The zero-order valence-electron chi connectivity index (χ0n) is 13.1. The fourth-order valence-electron chi connectivity index (χ4n) is 2.94. The van der Waals surface area contributed by atoms with Gasteiger partial charge in [0.2, 0.25) is 0 Å². The van der Waals surface area contributed by atoms with Crippen LogP contribution in [0.1, 0.15) is 39.1 Å². The largest absolute Gasteiger partial charge is 0.496 e. The molecule has 4 nitrogen and oxygen atoms in total. The Morgan fingerprint density at radius 3 is 2.13 bits per heavy atom. The average Bonchev–Trinajstić information content (AvgIpc) is 2.84. The van der Waals surface area contributed by atoms with Crippen molar-refractivity contribution < 1.29 is 14.3 Å². The van der Waals surface area contributed by atoms with Crippen LogP contribution >= 0.6 is 0 Å². The molecule has 0 saturated carbocycles. The first-order valence-electron chi connectivity index (χ1n) is 7.79. The number of unbranched alkanes of at least 4 members (excludes halogenated alkanes) is 1. The van der Waals surface area contributed by atoms with Crippen LogP contribution < -0.4 is 4.74 Å².